The normalized spacial score (nSPS) is 11.1. The van der Waals surface area contributed by atoms with Gasteiger partial charge >= 0.3 is 0 Å². The second-order valence-electron chi connectivity index (χ2n) is 4.93. The summed E-state index contributed by atoms with van der Waals surface area (Å²) >= 11 is 0. The van der Waals surface area contributed by atoms with Crippen molar-refractivity contribution in [1.29, 1.82) is 0 Å². The summed E-state index contributed by atoms with van der Waals surface area (Å²) in [4.78, 5) is 12.1. The molecule has 2 rings (SSSR count). The summed E-state index contributed by atoms with van der Waals surface area (Å²) in [5.74, 6) is -0.156. The fraction of sp³-hybridized carbons (Fsp3) is 0.188. The van der Waals surface area contributed by atoms with E-state index in [1.54, 1.807) is 24.3 Å². The lowest BCUT2D eigenvalue weighted by Gasteiger charge is -2.07. The molecule has 0 aromatic heterocycles. The summed E-state index contributed by atoms with van der Waals surface area (Å²) in [7, 11) is -3.34. The smallest absolute Gasteiger partial charge is 0.251 e. The van der Waals surface area contributed by atoms with Crippen LogP contribution in [0.3, 0.4) is 0 Å². The molecule has 0 bridgehead atoms. The molecule has 0 saturated heterocycles. The van der Waals surface area contributed by atoms with Crippen LogP contribution >= 0.6 is 0 Å². The molecule has 2 N–H and O–H groups in total. The largest absolute Gasteiger partial charge is 0.508 e. The summed E-state index contributed by atoms with van der Waals surface area (Å²) in [5, 5.41) is 12.3. The number of hydrogen-bond donors (Lipinski definition) is 2. The van der Waals surface area contributed by atoms with Gasteiger partial charge in [0.25, 0.3) is 5.91 Å². The van der Waals surface area contributed by atoms with Crippen LogP contribution in [0.2, 0.25) is 0 Å². The highest BCUT2D eigenvalue weighted by Gasteiger charge is 2.11. The zero-order valence-electron chi connectivity index (χ0n) is 12.1. The molecular weight excluding hydrogens is 302 g/mol. The second kappa shape index (κ2) is 6.62. The summed E-state index contributed by atoms with van der Waals surface area (Å²) in [6.07, 6.45) is 1.59. The second-order valence-corrected chi connectivity index (χ2v) is 6.95. The van der Waals surface area contributed by atoms with E-state index in [9.17, 15) is 18.3 Å². The first-order valence-electron chi connectivity index (χ1n) is 6.73. The molecule has 5 nitrogen and oxygen atoms in total. The van der Waals surface area contributed by atoms with Crippen molar-refractivity contribution in [2.45, 2.75) is 11.3 Å². The van der Waals surface area contributed by atoms with Crippen LogP contribution in [0.25, 0.3) is 0 Å². The number of aromatic hydroxyl groups is 1. The van der Waals surface area contributed by atoms with E-state index in [0.29, 0.717) is 18.5 Å². The lowest BCUT2D eigenvalue weighted by atomic mass is 10.1. The van der Waals surface area contributed by atoms with Crippen molar-refractivity contribution in [3.05, 3.63) is 59.7 Å². The number of nitrogens with one attached hydrogen (secondary N) is 1. The van der Waals surface area contributed by atoms with E-state index < -0.39 is 9.84 Å². The van der Waals surface area contributed by atoms with Crippen molar-refractivity contribution in [3.63, 3.8) is 0 Å². The molecule has 0 fully saturated rings. The topological polar surface area (TPSA) is 83.5 Å². The first kappa shape index (κ1) is 16.0. The number of carbonyl (C=O) groups excluding carboxylic acids is 1. The van der Waals surface area contributed by atoms with Gasteiger partial charge in [-0.25, -0.2) is 8.42 Å². The average Bonchev–Trinajstić information content (AvgIpc) is 2.48. The number of phenolic OH excluding ortho intramolecular Hbond substituents is 1. The molecule has 0 spiro atoms. The Morgan fingerprint density at radius 1 is 1.14 bits per heavy atom. The van der Waals surface area contributed by atoms with E-state index in [0.717, 1.165) is 11.8 Å². The van der Waals surface area contributed by atoms with Gasteiger partial charge in [0.15, 0.2) is 9.84 Å². The molecule has 2 aromatic carbocycles. The predicted molar refractivity (Wildman–Crippen MR) is 83.7 cm³/mol. The molecule has 0 heterocycles. The number of benzene rings is 2. The van der Waals surface area contributed by atoms with Crippen molar-refractivity contribution >= 4 is 15.7 Å². The molecule has 0 atom stereocenters. The summed E-state index contributed by atoms with van der Waals surface area (Å²) in [5.41, 5.74) is 1.04. The van der Waals surface area contributed by atoms with Crippen molar-refractivity contribution in [2.24, 2.45) is 0 Å². The predicted octanol–water partition coefficient (Wildman–Crippen LogP) is 1.77. The van der Waals surface area contributed by atoms with Gasteiger partial charge in [0, 0.05) is 18.4 Å². The lowest BCUT2D eigenvalue weighted by molar-refractivity contribution is 0.0954. The number of hydrogen-bond acceptors (Lipinski definition) is 4. The summed E-state index contributed by atoms with van der Waals surface area (Å²) < 4.78 is 23.0. The van der Waals surface area contributed by atoms with E-state index in [1.165, 1.54) is 18.2 Å². The van der Waals surface area contributed by atoms with Gasteiger partial charge in [-0.1, -0.05) is 24.3 Å². The third-order valence-electron chi connectivity index (χ3n) is 3.20. The first-order valence-corrected chi connectivity index (χ1v) is 8.62. The Balaban J connectivity index is 2.00. The van der Waals surface area contributed by atoms with Crippen LogP contribution in [-0.2, 0) is 16.3 Å². The van der Waals surface area contributed by atoms with Crippen LogP contribution < -0.4 is 5.32 Å². The molecule has 116 valence electrons. The molecule has 0 aliphatic carbocycles. The molecule has 6 heteroatoms. The van der Waals surface area contributed by atoms with Crippen LogP contribution in [0, 0.1) is 0 Å². The minimum absolute atomic E-state index is 0.112. The van der Waals surface area contributed by atoms with Crippen molar-refractivity contribution in [1.82, 2.24) is 5.32 Å². The standard InChI is InChI=1S/C16H17NO4S/c1-22(20,21)14-7-4-6-13(11-14)16(19)17-10-9-12-5-2-3-8-15(12)18/h2-8,11,18H,9-10H2,1H3,(H,17,19). The van der Waals surface area contributed by atoms with Gasteiger partial charge in [-0.15, -0.1) is 0 Å². The van der Waals surface area contributed by atoms with E-state index in [1.807, 2.05) is 6.07 Å². The number of carbonyl (C=O) groups is 1. The number of phenols is 1. The van der Waals surface area contributed by atoms with Crippen LogP contribution in [0.1, 0.15) is 15.9 Å². The Hall–Kier alpha value is -2.34. The molecule has 1 amide bonds. The maximum absolute atomic E-state index is 12.0. The molecule has 2 aromatic rings. The average molecular weight is 319 g/mol. The molecular formula is C16H17NO4S. The van der Waals surface area contributed by atoms with E-state index in [-0.39, 0.29) is 16.6 Å². The highest BCUT2D eigenvalue weighted by molar-refractivity contribution is 7.90. The summed E-state index contributed by atoms with van der Waals surface area (Å²) in [6, 6.07) is 12.8. The Labute approximate surface area is 129 Å². The van der Waals surface area contributed by atoms with Crippen molar-refractivity contribution in [2.75, 3.05) is 12.8 Å². The lowest BCUT2D eigenvalue weighted by Crippen LogP contribution is -2.25. The number of sulfone groups is 1. The first-order chi connectivity index (χ1) is 10.4. The monoisotopic (exact) mass is 319 g/mol. The van der Waals surface area contributed by atoms with Crippen LogP contribution in [0.15, 0.2) is 53.4 Å². The fourth-order valence-corrected chi connectivity index (χ4v) is 2.67. The molecule has 22 heavy (non-hydrogen) atoms. The molecule has 0 unspecified atom stereocenters. The number of para-hydroxylation sites is 1. The highest BCUT2D eigenvalue weighted by Crippen LogP contribution is 2.15. The number of amides is 1. The van der Waals surface area contributed by atoms with Gasteiger partial charge < -0.3 is 10.4 Å². The maximum atomic E-state index is 12.0. The minimum atomic E-state index is -3.34. The Morgan fingerprint density at radius 2 is 1.86 bits per heavy atom. The Bertz CT molecular complexity index is 784. The van der Waals surface area contributed by atoms with Gasteiger partial charge in [0.1, 0.15) is 5.75 Å². The van der Waals surface area contributed by atoms with Gasteiger partial charge in [-0.2, -0.15) is 0 Å². The zero-order valence-corrected chi connectivity index (χ0v) is 12.9. The quantitative estimate of drug-likeness (QED) is 0.880. The molecule has 0 aliphatic rings. The highest BCUT2D eigenvalue weighted by atomic mass is 32.2. The minimum Gasteiger partial charge on any atom is -0.508 e. The molecule has 0 radical (unpaired) electrons. The third-order valence-corrected chi connectivity index (χ3v) is 4.31. The van der Waals surface area contributed by atoms with Gasteiger partial charge in [0.2, 0.25) is 0 Å². The van der Waals surface area contributed by atoms with Crippen molar-refractivity contribution in [3.8, 4) is 5.75 Å². The fourth-order valence-electron chi connectivity index (χ4n) is 2.00. The zero-order chi connectivity index (χ0) is 16.2. The molecule has 0 aliphatic heterocycles. The van der Waals surface area contributed by atoms with Crippen LogP contribution in [0.5, 0.6) is 5.75 Å². The third kappa shape index (κ3) is 4.08. The van der Waals surface area contributed by atoms with Crippen LogP contribution in [0.4, 0.5) is 0 Å². The van der Waals surface area contributed by atoms with Gasteiger partial charge in [-0.3, -0.25) is 4.79 Å². The van der Waals surface area contributed by atoms with E-state index in [4.69, 9.17) is 0 Å². The van der Waals surface area contributed by atoms with Gasteiger partial charge in [-0.05, 0) is 36.2 Å². The molecule has 0 saturated carbocycles. The maximum Gasteiger partial charge on any atom is 0.251 e. The van der Waals surface area contributed by atoms with Gasteiger partial charge in [0.05, 0.1) is 4.90 Å². The van der Waals surface area contributed by atoms with E-state index >= 15 is 0 Å². The van der Waals surface area contributed by atoms with Crippen molar-refractivity contribution < 1.29 is 18.3 Å². The van der Waals surface area contributed by atoms with Crippen LogP contribution in [-0.4, -0.2) is 32.2 Å². The SMILES string of the molecule is CS(=O)(=O)c1cccc(C(=O)NCCc2ccccc2O)c1. The summed E-state index contributed by atoms with van der Waals surface area (Å²) in [6.45, 7) is 0.347. The Morgan fingerprint density at radius 3 is 2.55 bits per heavy atom. The Kier molecular flexibility index (Phi) is 4.82. The number of rotatable bonds is 5. The van der Waals surface area contributed by atoms with E-state index in [2.05, 4.69) is 5.32 Å².